The van der Waals surface area contributed by atoms with E-state index in [1.165, 1.54) is 0 Å². The van der Waals surface area contributed by atoms with Gasteiger partial charge in [-0.2, -0.15) is 0 Å². The molecule has 128 valence electrons. The van der Waals surface area contributed by atoms with Crippen LogP contribution in [-0.4, -0.2) is 34.4 Å². The molecule has 0 aliphatic carbocycles. The van der Waals surface area contributed by atoms with Crippen LogP contribution in [0.1, 0.15) is 11.1 Å². The molecule has 2 rings (SSSR count). The summed E-state index contributed by atoms with van der Waals surface area (Å²) in [6.45, 7) is 0. The van der Waals surface area contributed by atoms with E-state index in [-0.39, 0.29) is 40.5 Å². The molecular formula is C18H18HgO6. The van der Waals surface area contributed by atoms with Gasteiger partial charge >= 0.3 is 27.7 Å². The Labute approximate surface area is 166 Å². The molecule has 0 saturated carbocycles. The Bertz CT molecular complexity index is 575. The molecule has 6 nitrogen and oxygen atoms in total. The molecule has 0 heterocycles. The predicted molar refractivity (Wildman–Crippen MR) is 82.3 cm³/mol. The van der Waals surface area contributed by atoms with Crippen LogP contribution in [0.15, 0.2) is 60.7 Å². The maximum absolute atomic E-state index is 10.1. The Morgan fingerprint density at radius 3 is 1.24 bits per heavy atom. The van der Waals surface area contributed by atoms with Crippen LogP contribution in [0.2, 0.25) is 0 Å². The standard InChI is InChI=1S/2C9H10O3.Hg/c2*10-8(9(11)12)6-7-4-2-1-3-5-7;/h2*1-5,8,10H,6H2,(H,11,12);/q;;+2/p-2. The molecule has 0 aliphatic heterocycles. The minimum Gasteiger partial charge on any atom is -0.547 e. The van der Waals surface area contributed by atoms with E-state index in [1.807, 2.05) is 12.1 Å². The molecule has 0 fully saturated rings. The van der Waals surface area contributed by atoms with Gasteiger partial charge in [0.05, 0.1) is 24.1 Å². The second kappa shape index (κ2) is 12.6. The fourth-order valence-electron chi connectivity index (χ4n) is 1.84. The van der Waals surface area contributed by atoms with Gasteiger partial charge in [0.1, 0.15) is 0 Å². The van der Waals surface area contributed by atoms with Crippen molar-refractivity contribution in [2.45, 2.75) is 25.0 Å². The van der Waals surface area contributed by atoms with Crippen molar-refractivity contribution in [1.29, 1.82) is 0 Å². The number of hydrogen-bond donors (Lipinski definition) is 2. The summed E-state index contributed by atoms with van der Waals surface area (Å²) in [6.07, 6.45) is -2.62. The third-order valence-corrected chi connectivity index (χ3v) is 3.09. The first-order valence-electron chi connectivity index (χ1n) is 7.26. The Kier molecular flexibility index (Phi) is 11.7. The Morgan fingerprint density at radius 2 is 1.00 bits per heavy atom. The summed E-state index contributed by atoms with van der Waals surface area (Å²) in [4.78, 5) is 20.3. The van der Waals surface area contributed by atoms with Gasteiger partial charge in [0.15, 0.2) is 0 Å². The molecule has 2 aromatic carbocycles. The maximum atomic E-state index is 10.1. The topological polar surface area (TPSA) is 121 Å². The average Bonchev–Trinajstić information content (AvgIpc) is 2.57. The molecule has 0 bridgehead atoms. The molecule has 0 saturated heterocycles. The average molecular weight is 531 g/mol. The van der Waals surface area contributed by atoms with Gasteiger partial charge in [-0.1, -0.05) is 60.7 Å². The third kappa shape index (κ3) is 9.96. The molecule has 2 aromatic rings. The summed E-state index contributed by atoms with van der Waals surface area (Å²) in [5.41, 5.74) is 1.57. The minimum atomic E-state index is -1.43. The number of carbonyl (C=O) groups excluding carboxylic acids is 2. The second-order valence-electron chi connectivity index (χ2n) is 5.05. The Morgan fingerprint density at radius 1 is 0.720 bits per heavy atom. The smallest absolute Gasteiger partial charge is 0.547 e. The second-order valence-corrected chi connectivity index (χ2v) is 5.05. The van der Waals surface area contributed by atoms with Crippen LogP contribution in [-0.2, 0) is 50.1 Å². The first-order valence-corrected chi connectivity index (χ1v) is 7.26. The van der Waals surface area contributed by atoms with Crippen molar-refractivity contribution in [2.24, 2.45) is 0 Å². The predicted octanol–water partition coefficient (Wildman–Crippen LogP) is -1.32. The molecule has 25 heavy (non-hydrogen) atoms. The first-order chi connectivity index (χ1) is 11.4. The molecule has 0 amide bonds. The van der Waals surface area contributed by atoms with E-state index in [2.05, 4.69) is 0 Å². The quantitative estimate of drug-likeness (QED) is 0.447. The number of carboxylic acids is 2. The zero-order valence-electron chi connectivity index (χ0n) is 13.6. The van der Waals surface area contributed by atoms with Crippen molar-refractivity contribution in [3.8, 4) is 0 Å². The summed E-state index contributed by atoms with van der Waals surface area (Å²) in [6, 6.07) is 17.8. The zero-order chi connectivity index (χ0) is 17.9. The van der Waals surface area contributed by atoms with E-state index >= 15 is 0 Å². The van der Waals surface area contributed by atoms with E-state index in [0.717, 1.165) is 11.1 Å². The number of aliphatic hydroxyl groups excluding tert-OH is 2. The van der Waals surface area contributed by atoms with Gasteiger partial charge in [-0.05, 0) is 11.1 Å². The summed E-state index contributed by atoms with van der Waals surface area (Å²) in [7, 11) is 0. The van der Waals surface area contributed by atoms with Gasteiger partial charge in [0.2, 0.25) is 0 Å². The van der Waals surface area contributed by atoms with Crippen LogP contribution < -0.4 is 10.2 Å². The van der Waals surface area contributed by atoms with E-state index in [0.29, 0.717) is 0 Å². The number of hydrogen-bond acceptors (Lipinski definition) is 6. The fraction of sp³-hybridized carbons (Fsp3) is 0.222. The monoisotopic (exact) mass is 532 g/mol. The zero-order valence-corrected chi connectivity index (χ0v) is 19.1. The largest absolute Gasteiger partial charge is 2.00 e. The molecule has 7 heteroatoms. The van der Waals surface area contributed by atoms with Gasteiger partial charge in [0.25, 0.3) is 0 Å². The van der Waals surface area contributed by atoms with Gasteiger partial charge < -0.3 is 30.0 Å². The van der Waals surface area contributed by atoms with Crippen LogP contribution in [0.5, 0.6) is 0 Å². The van der Waals surface area contributed by atoms with Crippen molar-refractivity contribution in [1.82, 2.24) is 0 Å². The van der Waals surface area contributed by atoms with E-state index in [1.54, 1.807) is 48.5 Å². The normalized spacial score (nSPS) is 11.9. The third-order valence-electron chi connectivity index (χ3n) is 3.09. The summed E-state index contributed by atoms with van der Waals surface area (Å²) < 4.78 is 0. The molecule has 0 aromatic heterocycles. The van der Waals surface area contributed by atoms with Crippen molar-refractivity contribution >= 4 is 11.9 Å². The van der Waals surface area contributed by atoms with Gasteiger partial charge in [0, 0.05) is 12.8 Å². The molecule has 2 atom stereocenters. The van der Waals surface area contributed by atoms with E-state index in [9.17, 15) is 19.8 Å². The first kappa shape index (κ1) is 23.2. The summed E-state index contributed by atoms with van der Waals surface area (Å²) >= 11 is 0. The van der Waals surface area contributed by atoms with Crippen LogP contribution in [0, 0.1) is 0 Å². The Balaban J connectivity index is 0.000000443. The van der Waals surface area contributed by atoms with Crippen LogP contribution in [0.25, 0.3) is 0 Å². The van der Waals surface area contributed by atoms with Crippen molar-refractivity contribution < 1.29 is 57.7 Å². The SMILES string of the molecule is O=C([O-])C(O)Cc1ccccc1.O=C([O-])C(O)Cc1ccccc1.[Hg+2]. The van der Waals surface area contributed by atoms with Crippen LogP contribution in [0.3, 0.4) is 0 Å². The van der Waals surface area contributed by atoms with E-state index in [4.69, 9.17) is 10.2 Å². The number of aliphatic hydroxyl groups is 2. The molecule has 0 spiro atoms. The number of benzene rings is 2. The minimum absolute atomic E-state index is 0. The van der Waals surface area contributed by atoms with Crippen LogP contribution >= 0.6 is 0 Å². The van der Waals surface area contributed by atoms with Gasteiger partial charge in [-0.3, -0.25) is 0 Å². The molecular weight excluding hydrogens is 513 g/mol. The Hall–Kier alpha value is -1.76. The van der Waals surface area contributed by atoms with Gasteiger partial charge in [-0.25, -0.2) is 0 Å². The number of aliphatic carboxylic acids is 2. The van der Waals surface area contributed by atoms with Gasteiger partial charge in [-0.15, -0.1) is 0 Å². The van der Waals surface area contributed by atoms with E-state index < -0.39 is 24.1 Å². The van der Waals surface area contributed by atoms with Crippen LogP contribution in [0.4, 0.5) is 0 Å². The van der Waals surface area contributed by atoms with Crippen molar-refractivity contribution in [3.05, 3.63) is 71.8 Å². The fourth-order valence-corrected chi connectivity index (χ4v) is 1.84. The van der Waals surface area contributed by atoms with Crippen molar-refractivity contribution in [3.63, 3.8) is 0 Å². The molecule has 0 aliphatic rings. The summed E-state index contributed by atoms with van der Waals surface area (Å²) in [5.74, 6) is -2.86. The number of rotatable bonds is 6. The number of carbonyl (C=O) groups is 2. The van der Waals surface area contributed by atoms with Crippen molar-refractivity contribution in [2.75, 3.05) is 0 Å². The summed E-state index contributed by atoms with van der Waals surface area (Å²) in [5, 5.41) is 38.1. The molecule has 2 unspecified atom stereocenters. The molecule has 2 N–H and O–H groups in total. The maximum Gasteiger partial charge on any atom is 2.00 e. The number of carboxylic acid groups (broad SMARTS) is 2. The molecule has 0 radical (unpaired) electrons.